The molecule has 0 aliphatic carbocycles. The van der Waals surface area contributed by atoms with Crippen molar-refractivity contribution in [2.75, 3.05) is 19.8 Å². The molecule has 1 aromatic carbocycles. The van der Waals surface area contributed by atoms with Gasteiger partial charge in [-0.3, -0.25) is 4.79 Å². The molecule has 5 nitrogen and oxygen atoms in total. The van der Waals surface area contributed by atoms with E-state index in [-0.39, 0.29) is 12.4 Å². The van der Waals surface area contributed by atoms with Crippen molar-refractivity contribution in [3.8, 4) is 5.75 Å². The van der Waals surface area contributed by atoms with Crippen molar-refractivity contribution in [3.63, 3.8) is 0 Å². The normalized spacial score (nSPS) is 14.2. The maximum absolute atomic E-state index is 13.3. The number of hydrogen-bond acceptors (Lipinski definition) is 4. The van der Waals surface area contributed by atoms with Crippen LogP contribution in [0.4, 0.5) is 17.6 Å². The van der Waals surface area contributed by atoms with Gasteiger partial charge in [0.15, 0.2) is 23.8 Å². The molecule has 0 saturated carbocycles. The SMILES string of the molecule is CCOC=C[C@](O)(CNC(=O)COc1ccccc1F)C(F)(F)F. The summed E-state index contributed by atoms with van der Waals surface area (Å²) in [6.45, 7) is -0.171. The van der Waals surface area contributed by atoms with Gasteiger partial charge in [-0.05, 0) is 25.1 Å². The maximum Gasteiger partial charge on any atom is 0.422 e. The van der Waals surface area contributed by atoms with Crippen LogP contribution in [0.3, 0.4) is 0 Å². The summed E-state index contributed by atoms with van der Waals surface area (Å²) in [5.41, 5.74) is -3.30. The Hall–Kier alpha value is -2.29. The zero-order valence-electron chi connectivity index (χ0n) is 12.8. The molecule has 0 radical (unpaired) electrons. The summed E-state index contributed by atoms with van der Waals surface area (Å²) < 4.78 is 61.5. The molecule has 1 rings (SSSR count). The van der Waals surface area contributed by atoms with E-state index in [2.05, 4.69) is 4.74 Å². The molecule has 0 fully saturated rings. The first-order chi connectivity index (χ1) is 11.2. The smallest absolute Gasteiger partial charge is 0.422 e. The van der Waals surface area contributed by atoms with E-state index in [0.29, 0.717) is 12.3 Å². The summed E-state index contributed by atoms with van der Waals surface area (Å²) in [6, 6.07) is 5.25. The van der Waals surface area contributed by atoms with Crippen LogP contribution in [0, 0.1) is 5.82 Å². The van der Waals surface area contributed by atoms with Gasteiger partial charge in [0, 0.05) is 0 Å². The molecule has 9 heteroatoms. The van der Waals surface area contributed by atoms with Crippen molar-refractivity contribution >= 4 is 5.91 Å². The Kier molecular flexibility index (Phi) is 7.02. The molecule has 0 aromatic heterocycles. The Morgan fingerprint density at radius 3 is 2.58 bits per heavy atom. The molecular weight excluding hydrogens is 334 g/mol. The molecule has 0 unspecified atom stereocenters. The predicted molar refractivity (Wildman–Crippen MR) is 76.7 cm³/mol. The third-order valence-corrected chi connectivity index (χ3v) is 2.85. The first-order valence-corrected chi connectivity index (χ1v) is 6.92. The van der Waals surface area contributed by atoms with Crippen LogP contribution >= 0.6 is 0 Å². The van der Waals surface area contributed by atoms with Gasteiger partial charge in [-0.2, -0.15) is 13.2 Å². The van der Waals surface area contributed by atoms with Crippen LogP contribution in [0.1, 0.15) is 6.92 Å². The number of alkyl halides is 3. The molecule has 0 aliphatic rings. The second-order valence-corrected chi connectivity index (χ2v) is 4.68. The van der Waals surface area contributed by atoms with E-state index in [9.17, 15) is 27.5 Å². The van der Waals surface area contributed by atoms with E-state index in [4.69, 9.17) is 4.74 Å². The highest BCUT2D eigenvalue weighted by atomic mass is 19.4. The highest BCUT2D eigenvalue weighted by Crippen LogP contribution is 2.31. The third kappa shape index (κ3) is 5.73. The van der Waals surface area contributed by atoms with Gasteiger partial charge < -0.3 is 19.9 Å². The Labute approximate surface area is 135 Å². The van der Waals surface area contributed by atoms with Crippen LogP contribution in [0.5, 0.6) is 5.75 Å². The summed E-state index contributed by atoms with van der Waals surface area (Å²) in [7, 11) is 0. The minimum absolute atomic E-state index is 0.118. The van der Waals surface area contributed by atoms with Crippen molar-refractivity contribution < 1.29 is 36.9 Å². The number of carbonyl (C=O) groups excluding carboxylic acids is 1. The molecule has 1 aromatic rings. The van der Waals surface area contributed by atoms with Gasteiger partial charge in [-0.1, -0.05) is 12.1 Å². The largest absolute Gasteiger partial charge is 0.502 e. The Balaban J connectivity index is 2.60. The van der Waals surface area contributed by atoms with Crippen LogP contribution < -0.4 is 10.1 Å². The number of carbonyl (C=O) groups is 1. The summed E-state index contributed by atoms with van der Waals surface area (Å²) in [5, 5.41) is 11.5. The first-order valence-electron chi connectivity index (χ1n) is 6.92. The van der Waals surface area contributed by atoms with Gasteiger partial charge in [0.2, 0.25) is 0 Å². The number of ether oxygens (including phenoxy) is 2. The summed E-state index contributed by atoms with van der Waals surface area (Å²) in [5.74, 6) is -1.88. The number of halogens is 4. The van der Waals surface area contributed by atoms with E-state index >= 15 is 0 Å². The molecular formula is C15H17F4NO4. The number of rotatable bonds is 8. The molecule has 0 aliphatic heterocycles. The van der Waals surface area contributed by atoms with Gasteiger partial charge in [0.25, 0.3) is 5.91 Å². The van der Waals surface area contributed by atoms with Crippen molar-refractivity contribution in [3.05, 3.63) is 42.4 Å². The zero-order valence-corrected chi connectivity index (χ0v) is 12.8. The summed E-state index contributed by atoms with van der Waals surface area (Å²) in [6.07, 6.45) is -3.93. The number of aliphatic hydroxyl groups is 1. The number of benzene rings is 1. The number of nitrogens with one attached hydrogen (secondary N) is 1. The minimum atomic E-state index is -5.03. The van der Waals surface area contributed by atoms with Crippen molar-refractivity contribution in [1.29, 1.82) is 0 Å². The lowest BCUT2D eigenvalue weighted by Crippen LogP contribution is -2.52. The number of para-hydroxylation sites is 1. The molecule has 1 amide bonds. The van der Waals surface area contributed by atoms with E-state index in [0.717, 1.165) is 6.07 Å². The molecule has 0 heterocycles. The van der Waals surface area contributed by atoms with Crippen LogP contribution in [0.25, 0.3) is 0 Å². The van der Waals surface area contributed by atoms with E-state index in [1.807, 2.05) is 5.32 Å². The molecule has 2 N–H and O–H groups in total. The van der Waals surface area contributed by atoms with Crippen LogP contribution in [-0.2, 0) is 9.53 Å². The molecule has 0 bridgehead atoms. The second-order valence-electron chi connectivity index (χ2n) is 4.68. The van der Waals surface area contributed by atoms with Gasteiger partial charge in [-0.15, -0.1) is 0 Å². The Bertz CT molecular complexity index is 577. The summed E-state index contributed by atoms with van der Waals surface area (Å²) >= 11 is 0. The van der Waals surface area contributed by atoms with Gasteiger partial charge in [0.05, 0.1) is 19.4 Å². The zero-order chi connectivity index (χ0) is 18.2. The molecule has 0 spiro atoms. The Morgan fingerprint density at radius 2 is 2.00 bits per heavy atom. The van der Waals surface area contributed by atoms with Crippen molar-refractivity contribution in [2.45, 2.75) is 18.7 Å². The topological polar surface area (TPSA) is 67.8 Å². The summed E-state index contributed by atoms with van der Waals surface area (Å²) in [4.78, 5) is 11.5. The van der Waals surface area contributed by atoms with E-state index in [1.165, 1.54) is 18.2 Å². The van der Waals surface area contributed by atoms with E-state index in [1.54, 1.807) is 6.92 Å². The fraction of sp³-hybridized carbons (Fsp3) is 0.400. The van der Waals surface area contributed by atoms with Crippen molar-refractivity contribution in [2.24, 2.45) is 0 Å². The maximum atomic E-state index is 13.3. The van der Waals surface area contributed by atoms with Gasteiger partial charge in [0.1, 0.15) is 0 Å². The average Bonchev–Trinajstić information content (AvgIpc) is 2.51. The van der Waals surface area contributed by atoms with Crippen molar-refractivity contribution in [1.82, 2.24) is 5.32 Å². The van der Waals surface area contributed by atoms with Crippen LogP contribution in [0.2, 0.25) is 0 Å². The fourth-order valence-electron chi connectivity index (χ4n) is 1.50. The van der Waals surface area contributed by atoms with Crippen LogP contribution in [0.15, 0.2) is 36.6 Å². The molecule has 134 valence electrons. The Morgan fingerprint density at radius 1 is 1.33 bits per heavy atom. The minimum Gasteiger partial charge on any atom is -0.502 e. The third-order valence-electron chi connectivity index (χ3n) is 2.85. The monoisotopic (exact) mass is 351 g/mol. The van der Waals surface area contributed by atoms with Gasteiger partial charge in [-0.25, -0.2) is 4.39 Å². The van der Waals surface area contributed by atoms with E-state index < -0.39 is 36.7 Å². The molecule has 1 atom stereocenters. The lowest BCUT2D eigenvalue weighted by molar-refractivity contribution is -0.237. The van der Waals surface area contributed by atoms with Gasteiger partial charge >= 0.3 is 6.18 Å². The fourth-order valence-corrected chi connectivity index (χ4v) is 1.50. The highest BCUT2D eigenvalue weighted by molar-refractivity contribution is 5.77. The highest BCUT2D eigenvalue weighted by Gasteiger charge is 2.52. The lowest BCUT2D eigenvalue weighted by atomic mass is 10.0. The molecule has 24 heavy (non-hydrogen) atoms. The average molecular weight is 351 g/mol. The first kappa shape index (κ1) is 19.8. The predicted octanol–water partition coefficient (Wildman–Crippen LogP) is 2.16. The van der Waals surface area contributed by atoms with Crippen LogP contribution in [-0.4, -0.2) is 42.5 Å². The lowest BCUT2D eigenvalue weighted by Gasteiger charge is -2.27. The standard InChI is InChI=1S/C15H17F4NO4/c1-2-23-8-7-14(22,15(17,18)19)10-20-13(21)9-24-12-6-4-3-5-11(12)16/h3-8,22H,2,9-10H2,1H3,(H,20,21)/t14-/m0/s1. The second kappa shape index (κ2) is 8.53. The number of hydrogen-bond donors (Lipinski definition) is 2. The molecule has 0 saturated heterocycles. The number of amides is 1. The quantitative estimate of drug-likeness (QED) is 0.556.